The van der Waals surface area contributed by atoms with E-state index in [-0.39, 0.29) is 11.8 Å². The summed E-state index contributed by atoms with van der Waals surface area (Å²) < 4.78 is 0. The second-order valence-corrected chi connectivity index (χ2v) is 9.99. The molecule has 0 unspecified atom stereocenters. The molecule has 168 valence electrons. The van der Waals surface area contributed by atoms with Gasteiger partial charge in [0.25, 0.3) is 0 Å². The number of hydrogen-bond donors (Lipinski definition) is 2. The molecule has 2 aliphatic rings. The molecule has 3 aromatic rings. The Morgan fingerprint density at radius 1 is 0.758 bits per heavy atom. The van der Waals surface area contributed by atoms with Crippen LogP contribution in [0.3, 0.4) is 0 Å². The highest BCUT2D eigenvalue weighted by Crippen LogP contribution is 2.57. The van der Waals surface area contributed by atoms with Crippen LogP contribution >= 0.6 is 0 Å². The summed E-state index contributed by atoms with van der Waals surface area (Å²) in [6.07, 6.45) is 6.66. The molecule has 0 saturated carbocycles. The third-order valence-electron chi connectivity index (χ3n) is 7.40. The summed E-state index contributed by atoms with van der Waals surface area (Å²) in [5.41, 5.74) is 9.07. The molecule has 5 rings (SSSR count). The van der Waals surface area contributed by atoms with Gasteiger partial charge in [0.2, 0.25) is 0 Å². The zero-order valence-corrected chi connectivity index (χ0v) is 19.9. The van der Waals surface area contributed by atoms with E-state index in [1.54, 1.807) is 0 Å². The molecule has 0 spiro atoms. The zero-order chi connectivity index (χ0) is 23.3. The van der Waals surface area contributed by atoms with Gasteiger partial charge in [0.05, 0.1) is 5.41 Å². The number of fused-ring (bicyclic) bond motifs is 2. The van der Waals surface area contributed by atoms with Gasteiger partial charge in [-0.2, -0.15) is 0 Å². The standard InChI is InChI=1S/C31H32O2/c1-19(2)25-17-21(13-15-29(25)32)31(22-14-16-30(33)26(18-22)20(3)4)27-11-7-5-9-23(27)24-10-6-8-12-28(24)31/h5,7-9,11-20,32-33H,6,10H2,1-4H3. The lowest BCUT2D eigenvalue weighted by atomic mass is 9.65. The van der Waals surface area contributed by atoms with E-state index in [0.717, 1.165) is 35.1 Å². The molecule has 0 aliphatic heterocycles. The number of allylic oxidation sites excluding steroid dienone is 4. The van der Waals surface area contributed by atoms with E-state index in [9.17, 15) is 10.2 Å². The molecule has 2 N–H and O–H groups in total. The molecule has 0 saturated heterocycles. The van der Waals surface area contributed by atoms with Crippen LogP contribution < -0.4 is 0 Å². The first-order valence-corrected chi connectivity index (χ1v) is 12.0. The molecule has 0 amide bonds. The van der Waals surface area contributed by atoms with Gasteiger partial charge in [0.15, 0.2) is 0 Å². The van der Waals surface area contributed by atoms with Gasteiger partial charge in [-0.15, -0.1) is 0 Å². The van der Waals surface area contributed by atoms with Crippen LogP contribution in [0.1, 0.15) is 85.8 Å². The third kappa shape index (κ3) is 3.15. The minimum atomic E-state index is -0.489. The van der Waals surface area contributed by atoms with E-state index in [0.29, 0.717) is 11.5 Å². The Kier molecular flexibility index (Phi) is 5.20. The van der Waals surface area contributed by atoms with Crippen LogP contribution in [0.4, 0.5) is 0 Å². The number of phenolic OH excluding ortho intramolecular Hbond substituents is 2. The molecule has 2 heteroatoms. The van der Waals surface area contributed by atoms with Gasteiger partial charge in [0.1, 0.15) is 11.5 Å². The van der Waals surface area contributed by atoms with Crippen LogP contribution in [0.2, 0.25) is 0 Å². The Morgan fingerprint density at radius 2 is 1.33 bits per heavy atom. The smallest absolute Gasteiger partial charge is 0.119 e. The van der Waals surface area contributed by atoms with Crippen molar-refractivity contribution in [3.63, 3.8) is 0 Å². The van der Waals surface area contributed by atoms with E-state index in [4.69, 9.17) is 0 Å². The summed E-state index contributed by atoms with van der Waals surface area (Å²) in [6, 6.07) is 21.0. The minimum absolute atomic E-state index is 0.208. The van der Waals surface area contributed by atoms with Crippen molar-refractivity contribution in [3.8, 4) is 11.5 Å². The summed E-state index contributed by atoms with van der Waals surface area (Å²) in [5, 5.41) is 21.2. The molecule has 2 nitrogen and oxygen atoms in total. The average molecular weight is 437 g/mol. The minimum Gasteiger partial charge on any atom is -0.508 e. The fourth-order valence-corrected chi connectivity index (χ4v) is 5.80. The van der Waals surface area contributed by atoms with Crippen molar-refractivity contribution >= 4 is 5.57 Å². The summed E-state index contributed by atoms with van der Waals surface area (Å²) in [5.74, 6) is 1.11. The van der Waals surface area contributed by atoms with Crippen LogP contribution in [0.15, 0.2) is 78.4 Å². The van der Waals surface area contributed by atoms with Crippen molar-refractivity contribution in [3.05, 3.63) is 112 Å². The maximum Gasteiger partial charge on any atom is 0.119 e. The molecule has 33 heavy (non-hydrogen) atoms. The van der Waals surface area contributed by atoms with E-state index in [2.05, 4.69) is 88.4 Å². The number of benzene rings is 3. The average Bonchev–Trinajstić information content (AvgIpc) is 3.11. The topological polar surface area (TPSA) is 40.5 Å². The molecule has 0 bridgehead atoms. The summed E-state index contributed by atoms with van der Waals surface area (Å²) in [6.45, 7) is 8.49. The van der Waals surface area contributed by atoms with E-state index in [1.165, 1.54) is 22.3 Å². The van der Waals surface area contributed by atoms with Crippen molar-refractivity contribution in [2.45, 2.75) is 57.8 Å². The lowest BCUT2D eigenvalue weighted by Gasteiger charge is -2.36. The van der Waals surface area contributed by atoms with Gasteiger partial charge in [-0.05, 0) is 81.3 Å². The molecular weight excluding hydrogens is 404 g/mol. The molecule has 0 aromatic heterocycles. The van der Waals surface area contributed by atoms with E-state index in [1.807, 2.05) is 12.1 Å². The predicted molar refractivity (Wildman–Crippen MR) is 136 cm³/mol. The normalized spacial score (nSPS) is 16.4. The first-order chi connectivity index (χ1) is 15.9. The van der Waals surface area contributed by atoms with Crippen LogP contribution in [-0.2, 0) is 5.41 Å². The lowest BCUT2D eigenvalue weighted by Crippen LogP contribution is -2.30. The highest BCUT2D eigenvalue weighted by molar-refractivity contribution is 5.88. The molecule has 0 radical (unpaired) electrons. The Balaban J connectivity index is 1.92. The van der Waals surface area contributed by atoms with Gasteiger partial charge in [0, 0.05) is 0 Å². The summed E-state index contributed by atoms with van der Waals surface area (Å²) in [4.78, 5) is 0. The maximum absolute atomic E-state index is 10.6. The van der Waals surface area contributed by atoms with Gasteiger partial charge >= 0.3 is 0 Å². The summed E-state index contributed by atoms with van der Waals surface area (Å²) >= 11 is 0. The highest BCUT2D eigenvalue weighted by atomic mass is 16.3. The van der Waals surface area contributed by atoms with Crippen molar-refractivity contribution < 1.29 is 10.2 Å². The maximum atomic E-state index is 10.6. The third-order valence-corrected chi connectivity index (χ3v) is 7.40. The Morgan fingerprint density at radius 3 is 1.91 bits per heavy atom. The fraction of sp³-hybridized carbons (Fsp3) is 0.290. The lowest BCUT2D eigenvalue weighted by molar-refractivity contribution is 0.464. The van der Waals surface area contributed by atoms with Crippen LogP contribution in [0.5, 0.6) is 11.5 Å². The fourth-order valence-electron chi connectivity index (χ4n) is 5.80. The molecule has 3 aromatic carbocycles. The number of rotatable bonds is 4. The Bertz CT molecular complexity index is 1230. The van der Waals surface area contributed by atoms with Crippen LogP contribution in [0.25, 0.3) is 5.57 Å². The molecule has 2 aliphatic carbocycles. The van der Waals surface area contributed by atoms with E-state index >= 15 is 0 Å². The highest BCUT2D eigenvalue weighted by Gasteiger charge is 2.47. The monoisotopic (exact) mass is 436 g/mol. The number of aromatic hydroxyl groups is 2. The molecule has 0 fully saturated rings. The van der Waals surface area contributed by atoms with E-state index < -0.39 is 5.41 Å². The van der Waals surface area contributed by atoms with Crippen molar-refractivity contribution in [2.24, 2.45) is 0 Å². The van der Waals surface area contributed by atoms with Crippen molar-refractivity contribution in [2.75, 3.05) is 0 Å². The zero-order valence-electron chi connectivity index (χ0n) is 19.9. The van der Waals surface area contributed by atoms with Gasteiger partial charge in [-0.3, -0.25) is 0 Å². The first-order valence-electron chi connectivity index (χ1n) is 12.0. The van der Waals surface area contributed by atoms with Gasteiger partial charge in [-0.25, -0.2) is 0 Å². The van der Waals surface area contributed by atoms with Crippen LogP contribution in [-0.4, -0.2) is 10.2 Å². The van der Waals surface area contributed by atoms with Gasteiger partial charge in [-0.1, -0.05) is 88.4 Å². The summed E-state index contributed by atoms with van der Waals surface area (Å²) in [7, 11) is 0. The number of hydrogen-bond acceptors (Lipinski definition) is 2. The number of phenols is 2. The molecular formula is C31H32O2. The second kappa shape index (κ2) is 7.95. The largest absolute Gasteiger partial charge is 0.508 e. The van der Waals surface area contributed by atoms with Crippen molar-refractivity contribution in [1.29, 1.82) is 0 Å². The molecule has 0 atom stereocenters. The van der Waals surface area contributed by atoms with Crippen LogP contribution in [0, 0.1) is 0 Å². The quantitative estimate of drug-likeness (QED) is 0.438. The van der Waals surface area contributed by atoms with Crippen molar-refractivity contribution in [1.82, 2.24) is 0 Å². The van der Waals surface area contributed by atoms with Gasteiger partial charge < -0.3 is 10.2 Å². The first kappa shape index (κ1) is 21.6. The predicted octanol–water partition coefficient (Wildman–Crippen LogP) is 7.80. The SMILES string of the molecule is CC(C)c1cc(C2(c3ccc(O)c(C(C)C)c3)C3=C(CCC=C3)c3ccccc32)ccc1O. The second-order valence-electron chi connectivity index (χ2n) is 9.99. The Hall–Kier alpha value is -3.26. The Labute approximate surface area is 196 Å². The molecule has 0 heterocycles.